The summed E-state index contributed by atoms with van der Waals surface area (Å²) in [4.78, 5) is 24.7. The zero-order valence-corrected chi connectivity index (χ0v) is 14.1. The molecule has 0 fully saturated rings. The third-order valence-electron chi connectivity index (χ3n) is 4.26. The van der Waals surface area contributed by atoms with E-state index in [-0.39, 0.29) is 17.9 Å². The number of carbonyl (C=O) groups is 1. The number of anilines is 1. The molecule has 4 heteroatoms. The van der Waals surface area contributed by atoms with Crippen LogP contribution in [0.1, 0.15) is 16.8 Å². The zero-order valence-electron chi connectivity index (χ0n) is 14.1. The number of para-hydroxylation sites is 2. The summed E-state index contributed by atoms with van der Waals surface area (Å²) in [5, 5.41) is 3.59. The maximum Gasteiger partial charge on any atom is 0.244 e. The Hall–Kier alpha value is -2.88. The van der Waals surface area contributed by atoms with Crippen molar-refractivity contribution in [1.82, 2.24) is 4.57 Å². The molecule has 24 heavy (non-hydrogen) atoms. The molecule has 0 aliphatic heterocycles. The lowest BCUT2D eigenvalue weighted by atomic mass is 10.1. The lowest BCUT2D eigenvalue weighted by molar-refractivity contribution is -0.116. The van der Waals surface area contributed by atoms with Crippen molar-refractivity contribution in [2.75, 3.05) is 5.32 Å². The molecule has 1 aromatic heterocycles. The smallest absolute Gasteiger partial charge is 0.244 e. The summed E-state index contributed by atoms with van der Waals surface area (Å²) >= 11 is 0. The first kappa shape index (κ1) is 16.0. The van der Waals surface area contributed by atoms with Crippen LogP contribution in [0, 0.1) is 20.8 Å². The summed E-state index contributed by atoms with van der Waals surface area (Å²) in [6.07, 6.45) is 0. The van der Waals surface area contributed by atoms with Gasteiger partial charge in [-0.1, -0.05) is 30.3 Å². The van der Waals surface area contributed by atoms with Crippen LogP contribution in [0.3, 0.4) is 0 Å². The van der Waals surface area contributed by atoms with Crippen LogP contribution in [0.4, 0.5) is 5.69 Å². The molecule has 0 saturated carbocycles. The summed E-state index contributed by atoms with van der Waals surface area (Å²) < 4.78 is 1.90. The van der Waals surface area contributed by atoms with Gasteiger partial charge < -0.3 is 9.88 Å². The second kappa shape index (κ2) is 6.32. The first-order chi connectivity index (χ1) is 11.5. The van der Waals surface area contributed by atoms with E-state index in [1.807, 2.05) is 61.7 Å². The van der Waals surface area contributed by atoms with E-state index in [9.17, 15) is 9.59 Å². The molecule has 122 valence electrons. The number of amides is 1. The van der Waals surface area contributed by atoms with Gasteiger partial charge in [-0.3, -0.25) is 9.59 Å². The average Bonchev–Trinajstić information content (AvgIpc) is 2.54. The third kappa shape index (κ3) is 2.95. The fourth-order valence-electron chi connectivity index (χ4n) is 2.99. The molecule has 0 aliphatic rings. The highest BCUT2D eigenvalue weighted by molar-refractivity contribution is 5.93. The molecule has 2 aromatic carbocycles. The molecule has 1 heterocycles. The Morgan fingerprint density at radius 2 is 1.71 bits per heavy atom. The zero-order chi connectivity index (χ0) is 17.3. The molecule has 0 atom stereocenters. The predicted octanol–water partition coefficient (Wildman–Crippen LogP) is 3.57. The molecule has 1 amide bonds. The number of nitrogens with zero attached hydrogens (tertiary/aromatic N) is 1. The summed E-state index contributed by atoms with van der Waals surface area (Å²) in [6, 6.07) is 14.9. The predicted molar refractivity (Wildman–Crippen MR) is 97.5 cm³/mol. The number of rotatable bonds is 3. The Kier molecular flexibility index (Phi) is 4.21. The van der Waals surface area contributed by atoms with Crippen molar-refractivity contribution >= 4 is 22.5 Å². The highest BCUT2D eigenvalue weighted by atomic mass is 16.2. The Morgan fingerprint density at radius 3 is 2.46 bits per heavy atom. The quantitative estimate of drug-likeness (QED) is 0.802. The SMILES string of the molecule is Cc1ccccc1NC(=O)Cn1c(C)cc(=O)c2cccc(C)c21. The summed E-state index contributed by atoms with van der Waals surface area (Å²) in [5.74, 6) is -0.111. The number of pyridine rings is 1. The van der Waals surface area contributed by atoms with Gasteiger partial charge in [0.15, 0.2) is 5.43 Å². The summed E-state index contributed by atoms with van der Waals surface area (Å²) in [5.41, 5.74) is 4.40. The minimum absolute atomic E-state index is 0.0123. The monoisotopic (exact) mass is 320 g/mol. The second-order valence-electron chi connectivity index (χ2n) is 6.07. The van der Waals surface area contributed by atoms with E-state index in [2.05, 4.69) is 5.32 Å². The van der Waals surface area contributed by atoms with Crippen molar-refractivity contribution in [2.24, 2.45) is 0 Å². The first-order valence-corrected chi connectivity index (χ1v) is 7.92. The van der Waals surface area contributed by atoms with Gasteiger partial charge in [0.1, 0.15) is 6.54 Å². The van der Waals surface area contributed by atoms with Gasteiger partial charge in [-0.15, -0.1) is 0 Å². The number of carbonyl (C=O) groups excluding carboxylic acids is 1. The van der Waals surface area contributed by atoms with Crippen molar-refractivity contribution in [3.05, 3.63) is 75.6 Å². The Bertz CT molecular complexity index is 987. The van der Waals surface area contributed by atoms with Crippen LogP contribution in [-0.4, -0.2) is 10.5 Å². The van der Waals surface area contributed by atoms with Crippen LogP contribution in [0.5, 0.6) is 0 Å². The largest absolute Gasteiger partial charge is 0.335 e. The highest BCUT2D eigenvalue weighted by Gasteiger charge is 2.12. The van der Waals surface area contributed by atoms with Gasteiger partial charge in [0, 0.05) is 22.8 Å². The maximum atomic E-state index is 12.5. The maximum absolute atomic E-state index is 12.5. The van der Waals surface area contributed by atoms with Crippen LogP contribution in [0.15, 0.2) is 53.3 Å². The Morgan fingerprint density at radius 1 is 1.00 bits per heavy atom. The third-order valence-corrected chi connectivity index (χ3v) is 4.26. The second-order valence-corrected chi connectivity index (χ2v) is 6.07. The van der Waals surface area contributed by atoms with Gasteiger partial charge in [-0.25, -0.2) is 0 Å². The van der Waals surface area contributed by atoms with Crippen LogP contribution in [0.2, 0.25) is 0 Å². The van der Waals surface area contributed by atoms with E-state index in [0.29, 0.717) is 5.39 Å². The topological polar surface area (TPSA) is 51.1 Å². The fourth-order valence-corrected chi connectivity index (χ4v) is 2.99. The molecular formula is C20H20N2O2. The molecular weight excluding hydrogens is 300 g/mol. The van der Waals surface area contributed by atoms with Crippen molar-refractivity contribution in [3.63, 3.8) is 0 Å². The summed E-state index contributed by atoms with van der Waals surface area (Å²) in [7, 11) is 0. The van der Waals surface area contributed by atoms with Gasteiger partial charge in [0.25, 0.3) is 0 Å². The van der Waals surface area contributed by atoms with Gasteiger partial charge in [-0.05, 0) is 44.0 Å². The molecule has 4 nitrogen and oxygen atoms in total. The Balaban J connectivity index is 2.00. The molecule has 0 spiro atoms. The van der Waals surface area contributed by atoms with E-state index in [1.165, 1.54) is 0 Å². The van der Waals surface area contributed by atoms with E-state index < -0.39 is 0 Å². The van der Waals surface area contributed by atoms with Crippen LogP contribution < -0.4 is 10.7 Å². The molecule has 3 rings (SSSR count). The standard InChI is InChI=1S/C20H20N2O2/c1-13-7-4-5-10-17(13)21-19(24)12-22-15(3)11-18(23)16-9-6-8-14(2)20(16)22/h4-11H,12H2,1-3H3,(H,21,24). The molecule has 0 bridgehead atoms. The van der Waals surface area contributed by atoms with Crippen molar-refractivity contribution in [1.29, 1.82) is 0 Å². The van der Waals surface area contributed by atoms with Gasteiger partial charge >= 0.3 is 0 Å². The van der Waals surface area contributed by atoms with Crippen LogP contribution >= 0.6 is 0 Å². The van der Waals surface area contributed by atoms with E-state index in [4.69, 9.17) is 0 Å². The summed E-state index contributed by atoms with van der Waals surface area (Å²) in [6.45, 7) is 5.94. The number of nitrogens with one attached hydrogen (secondary N) is 1. The number of hydrogen-bond acceptors (Lipinski definition) is 2. The minimum Gasteiger partial charge on any atom is -0.335 e. The molecule has 0 aliphatic carbocycles. The minimum atomic E-state index is -0.111. The normalized spacial score (nSPS) is 10.8. The van der Waals surface area contributed by atoms with Crippen LogP contribution in [0.25, 0.3) is 10.9 Å². The highest BCUT2D eigenvalue weighted by Crippen LogP contribution is 2.18. The molecule has 3 aromatic rings. The molecule has 1 N–H and O–H groups in total. The van der Waals surface area contributed by atoms with Gasteiger partial charge in [-0.2, -0.15) is 0 Å². The number of hydrogen-bond donors (Lipinski definition) is 1. The number of fused-ring (bicyclic) bond motifs is 1. The fraction of sp³-hybridized carbons (Fsp3) is 0.200. The van der Waals surface area contributed by atoms with Gasteiger partial charge in [0.05, 0.1) is 5.52 Å². The van der Waals surface area contributed by atoms with Crippen molar-refractivity contribution < 1.29 is 4.79 Å². The van der Waals surface area contributed by atoms with Crippen molar-refractivity contribution in [2.45, 2.75) is 27.3 Å². The van der Waals surface area contributed by atoms with E-state index in [0.717, 1.165) is 28.0 Å². The number of benzene rings is 2. The van der Waals surface area contributed by atoms with Crippen LogP contribution in [-0.2, 0) is 11.3 Å². The molecule has 0 saturated heterocycles. The van der Waals surface area contributed by atoms with E-state index >= 15 is 0 Å². The van der Waals surface area contributed by atoms with Crippen molar-refractivity contribution in [3.8, 4) is 0 Å². The lowest BCUT2D eigenvalue weighted by Crippen LogP contribution is -2.23. The van der Waals surface area contributed by atoms with Gasteiger partial charge in [0.2, 0.25) is 5.91 Å². The van der Waals surface area contributed by atoms with E-state index in [1.54, 1.807) is 12.1 Å². The first-order valence-electron chi connectivity index (χ1n) is 7.92. The Labute approximate surface area is 140 Å². The molecule has 0 radical (unpaired) electrons. The average molecular weight is 320 g/mol. The molecule has 0 unspecified atom stereocenters. The number of aryl methyl sites for hydroxylation is 3. The number of aromatic nitrogens is 1. The lowest BCUT2D eigenvalue weighted by Gasteiger charge is -2.16.